The summed E-state index contributed by atoms with van der Waals surface area (Å²) in [5.74, 6) is 0. The van der Waals surface area contributed by atoms with Crippen LogP contribution in [0.4, 0.5) is 5.69 Å². The van der Waals surface area contributed by atoms with E-state index in [9.17, 15) is 0 Å². The highest BCUT2D eigenvalue weighted by Gasteiger charge is 2.21. The van der Waals surface area contributed by atoms with Crippen molar-refractivity contribution in [1.29, 1.82) is 0 Å². The Morgan fingerprint density at radius 1 is 1.40 bits per heavy atom. The first-order chi connectivity index (χ1) is 9.40. The van der Waals surface area contributed by atoms with Crippen LogP contribution in [0.25, 0.3) is 0 Å². The highest BCUT2D eigenvalue weighted by molar-refractivity contribution is 9.10. The van der Waals surface area contributed by atoms with Crippen molar-refractivity contribution in [1.82, 2.24) is 0 Å². The maximum atomic E-state index is 5.63. The van der Waals surface area contributed by atoms with Crippen molar-refractivity contribution in [2.24, 2.45) is 5.73 Å². The predicted molar refractivity (Wildman–Crippen MR) is 95.9 cm³/mol. The lowest BCUT2D eigenvalue weighted by atomic mass is 9.91. The van der Waals surface area contributed by atoms with E-state index in [1.807, 2.05) is 18.2 Å². The molecule has 0 unspecified atom stereocenters. The van der Waals surface area contributed by atoms with E-state index < -0.39 is 0 Å². The van der Waals surface area contributed by atoms with Crippen molar-refractivity contribution >= 4 is 50.2 Å². The van der Waals surface area contributed by atoms with Crippen LogP contribution in [0.1, 0.15) is 24.3 Å². The van der Waals surface area contributed by atoms with Gasteiger partial charge in [-0.25, -0.2) is 0 Å². The summed E-state index contributed by atoms with van der Waals surface area (Å²) < 4.78 is 0.977. The SMILES string of the molecule is CC(C)(CNc1ccc(C(N)=S)cc1Br)c1cccs1. The summed E-state index contributed by atoms with van der Waals surface area (Å²) in [6.45, 7) is 5.34. The lowest BCUT2D eigenvalue weighted by Crippen LogP contribution is -2.26. The number of anilines is 1. The van der Waals surface area contributed by atoms with Crippen LogP contribution in [-0.4, -0.2) is 11.5 Å². The number of nitrogens with one attached hydrogen (secondary N) is 1. The molecule has 1 aromatic heterocycles. The second-order valence-electron chi connectivity index (χ2n) is 5.27. The summed E-state index contributed by atoms with van der Waals surface area (Å²) in [7, 11) is 0. The van der Waals surface area contributed by atoms with Crippen molar-refractivity contribution < 1.29 is 0 Å². The Morgan fingerprint density at radius 3 is 2.70 bits per heavy atom. The molecule has 1 aromatic carbocycles. The summed E-state index contributed by atoms with van der Waals surface area (Å²) in [5.41, 5.74) is 7.65. The van der Waals surface area contributed by atoms with Crippen molar-refractivity contribution in [3.63, 3.8) is 0 Å². The monoisotopic (exact) mass is 368 g/mol. The molecule has 0 atom stereocenters. The van der Waals surface area contributed by atoms with Gasteiger partial charge in [-0.15, -0.1) is 11.3 Å². The van der Waals surface area contributed by atoms with E-state index in [4.69, 9.17) is 18.0 Å². The summed E-state index contributed by atoms with van der Waals surface area (Å²) in [6.07, 6.45) is 0. The van der Waals surface area contributed by atoms with Crippen LogP contribution in [0.5, 0.6) is 0 Å². The highest BCUT2D eigenvalue weighted by atomic mass is 79.9. The van der Waals surface area contributed by atoms with Crippen LogP contribution in [0, 0.1) is 0 Å². The van der Waals surface area contributed by atoms with Gasteiger partial charge in [-0.1, -0.05) is 32.1 Å². The summed E-state index contributed by atoms with van der Waals surface area (Å²) in [5, 5.41) is 5.60. The van der Waals surface area contributed by atoms with Crippen molar-refractivity contribution in [3.05, 3.63) is 50.6 Å². The minimum Gasteiger partial charge on any atom is -0.389 e. The Bertz CT molecular complexity index is 606. The first-order valence-corrected chi connectivity index (χ1v) is 8.35. The third-order valence-corrected chi connectivity index (χ3v) is 5.29. The zero-order valence-corrected chi connectivity index (χ0v) is 14.7. The molecule has 0 amide bonds. The molecule has 5 heteroatoms. The molecular formula is C15H17BrN2S2. The third-order valence-electron chi connectivity index (χ3n) is 3.16. The van der Waals surface area contributed by atoms with E-state index in [1.54, 1.807) is 11.3 Å². The van der Waals surface area contributed by atoms with Crippen LogP contribution in [0.2, 0.25) is 0 Å². The maximum absolute atomic E-state index is 5.63. The molecule has 2 nitrogen and oxygen atoms in total. The number of benzene rings is 1. The van der Waals surface area contributed by atoms with Gasteiger partial charge in [0, 0.05) is 32.6 Å². The number of hydrogen-bond donors (Lipinski definition) is 2. The van der Waals surface area contributed by atoms with Gasteiger partial charge in [-0.05, 0) is 45.6 Å². The molecule has 0 aliphatic carbocycles. The summed E-state index contributed by atoms with van der Waals surface area (Å²) in [4.78, 5) is 1.79. The van der Waals surface area contributed by atoms with Crippen LogP contribution < -0.4 is 11.1 Å². The molecule has 0 radical (unpaired) electrons. The predicted octanol–water partition coefficient (Wildman–Crippen LogP) is 4.53. The molecule has 1 heterocycles. The minimum atomic E-state index is 0.0927. The molecule has 2 aromatic rings. The number of rotatable bonds is 5. The van der Waals surface area contributed by atoms with Crippen molar-refractivity contribution in [2.75, 3.05) is 11.9 Å². The molecule has 0 bridgehead atoms. The van der Waals surface area contributed by atoms with Gasteiger partial charge in [0.1, 0.15) is 4.99 Å². The van der Waals surface area contributed by atoms with Crippen LogP contribution in [0.3, 0.4) is 0 Å². The van der Waals surface area contributed by atoms with Crippen molar-refractivity contribution in [2.45, 2.75) is 19.3 Å². The molecule has 106 valence electrons. The van der Waals surface area contributed by atoms with Gasteiger partial charge in [0.25, 0.3) is 0 Å². The molecule has 2 rings (SSSR count). The molecule has 0 aliphatic heterocycles. The summed E-state index contributed by atoms with van der Waals surface area (Å²) >= 11 is 10.3. The highest BCUT2D eigenvalue weighted by Crippen LogP contribution is 2.30. The Hall–Kier alpha value is -0.910. The summed E-state index contributed by atoms with van der Waals surface area (Å²) in [6, 6.07) is 10.2. The van der Waals surface area contributed by atoms with Gasteiger partial charge < -0.3 is 11.1 Å². The number of thiophene rings is 1. The third kappa shape index (κ3) is 3.59. The second-order valence-corrected chi connectivity index (χ2v) is 7.52. The topological polar surface area (TPSA) is 38.0 Å². The normalized spacial score (nSPS) is 11.3. The number of halogens is 1. The fraction of sp³-hybridized carbons (Fsp3) is 0.267. The molecule has 0 spiro atoms. The van der Waals surface area contributed by atoms with Crippen LogP contribution >= 0.6 is 39.5 Å². The first kappa shape index (κ1) is 15.5. The van der Waals surface area contributed by atoms with E-state index in [2.05, 4.69) is 52.6 Å². The number of hydrogen-bond acceptors (Lipinski definition) is 3. The average Bonchev–Trinajstić information content (AvgIpc) is 2.91. The van der Waals surface area contributed by atoms with Crippen LogP contribution in [-0.2, 0) is 5.41 Å². The molecule has 20 heavy (non-hydrogen) atoms. The first-order valence-electron chi connectivity index (χ1n) is 6.27. The number of nitrogens with two attached hydrogens (primary N) is 1. The zero-order chi connectivity index (χ0) is 14.8. The Labute approximate surface area is 137 Å². The Morgan fingerprint density at radius 2 is 2.15 bits per heavy atom. The van der Waals surface area contributed by atoms with Crippen LogP contribution in [0.15, 0.2) is 40.2 Å². The van der Waals surface area contributed by atoms with E-state index >= 15 is 0 Å². The van der Waals surface area contributed by atoms with Crippen molar-refractivity contribution in [3.8, 4) is 0 Å². The molecule has 0 saturated carbocycles. The lowest BCUT2D eigenvalue weighted by Gasteiger charge is -2.24. The van der Waals surface area contributed by atoms with Gasteiger partial charge in [-0.3, -0.25) is 0 Å². The van der Waals surface area contributed by atoms with Gasteiger partial charge in [0.05, 0.1) is 0 Å². The molecule has 0 fully saturated rings. The van der Waals surface area contributed by atoms with Gasteiger partial charge >= 0.3 is 0 Å². The van der Waals surface area contributed by atoms with E-state index in [0.717, 1.165) is 22.3 Å². The largest absolute Gasteiger partial charge is 0.389 e. The van der Waals surface area contributed by atoms with Gasteiger partial charge in [-0.2, -0.15) is 0 Å². The average molecular weight is 369 g/mol. The van der Waals surface area contributed by atoms with E-state index in [0.29, 0.717) is 4.99 Å². The van der Waals surface area contributed by atoms with E-state index in [-0.39, 0.29) is 5.41 Å². The fourth-order valence-electron chi connectivity index (χ4n) is 1.88. The number of thiocarbonyl (C=S) groups is 1. The molecule has 0 saturated heterocycles. The van der Waals surface area contributed by atoms with Gasteiger partial charge in [0.15, 0.2) is 0 Å². The standard InChI is InChI=1S/C15H17BrN2S2/c1-15(2,13-4-3-7-20-13)9-18-12-6-5-10(14(17)19)8-11(12)16/h3-8,18H,9H2,1-2H3,(H2,17,19). The second kappa shape index (κ2) is 6.24. The van der Waals surface area contributed by atoms with E-state index in [1.165, 1.54) is 4.88 Å². The Balaban J connectivity index is 2.10. The molecule has 3 N–H and O–H groups in total. The molecular weight excluding hydrogens is 352 g/mol. The smallest absolute Gasteiger partial charge is 0.104 e. The zero-order valence-electron chi connectivity index (χ0n) is 11.4. The minimum absolute atomic E-state index is 0.0927. The Kier molecular flexibility index (Phi) is 4.83. The fourth-order valence-corrected chi connectivity index (χ4v) is 3.38. The molecule has 0 aliphatic rings. The maximum Gasteiger partial charge on any atom is 0.104 e. The quantitative estimate of drug-likeness (QED) is 0.761. The van der Waals surface area contributed by atoms with Gasteiger partial charge in [0.2, 0.25) is 0 Å². The lowest BCUT2D eigenvalue weighted by molar-refractivity contribution is 0.569.